The Bertz CT molecular complexity index is 291. The number of carboxylic acid groups (broad SMARTS) is 1. The number of carbonyl (C=O) groups is 2. The van der Waals surface area contributed by atoms with Crippen LogP contribution in [0.15, 0.2) is 0 Å². The molecule has 0 aromatic rings. The van der Waals surface area contributed by atoms with Gasteiger partial charge in [-0.05, 0) is 6.42 Å². The molecule has 0 aliphatic carbocycles. The van der Waals surface area contributed by atoms with Gasteiger partial charge in [-0.1, -0.05) is 96.8 Å². The van der Waals surface area contributed by atoms with Gasteiger partial charge in [0.05, 0.1) is 0 Å². The SMILES string of the molecule is CCCCCCCCCCCCCCCCCC(=O)O.NC(N)=O.[O-2].[O-2].[Ti+4]. The van der Waals surface area contributed by atoms with Crippen LogP contribution in [-0.4, -0.2) is 17.1 Å². The van der Waals surface area contributed by atoms with Gasteiger partial charge >= 0.3 is 33.7 Å². The predicted octanol–water partition coefficient (Wildman–Crippen LogP) is 5.12. The average molecular weight is 424 g/mol. The number of hydrogen-bond donors (Lipinski definition) is 3. The maximum Gasteiger partial charge on any atom is 4.00 e. The van der Waals surface area contributed by atoms with Crippen molar-refractivity contribution in [3.05, 3.63) is 0 Å². The van der Waals surface area contributed by atoms with E-state index in [-0.39, 0.29) is 32.7 Å². The fraction of sp³-hybridized carbons (Fsp3) is 0.895. The van der Waals surface area contributed by atoms with Crippen LogP contribution >= 0.6 is 0 Å². The van der Waals surface area contributed by atoms with E-state index in [1.165, 1.54) is 83.5 Å². The van der Waals surface area contributed by atoms with Crippen LogP contribution in [0, 0.1) is 0 Å². The molecule has 27 heavy (non-hydrogen) atoms. The Morgan fingerprint density at radius 2 is 0.852 bits per heavy atom. The second-order valence-corrected chi connectivity index (χ2v) is 6.50. The molecule has 0 aliphatic heterocycles. The number of primary amides is 2. The van der Waals surface area contributed by atoms with Crippen molar-refractivity contribution in [1.82, 2.24) is 0 Å². The van der Waals surface area contributed by atoms with Crippen molar-refractivity contribution in [3.8, 4) is 0 Å². The summed E-state index contributed by atoms with van der Waals surface area (Å²) in [4.78, 5) is 19.3. The monoisotopic (exact) mass is 424 g/mol. The third-order valence-electron chi connectivity index (χ3n) is 3.99. The molecular formula is C19H40N2O5Ti. The summed E-state index contributed by atoms with van der Waals surface area (Å²) in [5.74, 6) is -0.653. The smallest absolute Gasteiger partial charge is 2.00 e. The van der Waals surface area contributed by atoms with Gasteiger partial charge in [-0.2, -0.15) is 0 Å². The van der Waals surface area contributed by atoms with Crippen LogP contribution in [0.25, 0.3) is 0 Å². The first-order valence-electron chi connectivity index (χ1n) is 9.77. The van der Waals surface area contributed by atoms with Crippen molar-refractivity contribution in [2.75, 3.05) is 0 Å². The molecule has 160 valence electrons. The Kier molecular flexibility index (Phi) is 45.4. The second-order valence-electron chi connectivity index (χ2n) is 6.50. The second kappa shape index (κ2) is 33.0. The van der Waals surface area contributed by atoms with Crippen molar-refractivity contribution in [3.63, 3.8) is 0 Å². The zero-order valence-electron chi connectivity index (χ0n) is 17.0. The van der Waals surface area contributed by atoms with E-state index in [1.807, 2.05) is 0 Å². The van der Waals surface area contributed by atoms with Crippen molar-refractivity contribution >= 4 is 12.0 Å². The van der Waals surface area contributed by atoms with E-state index in [0.29, 0.717) is 6.42 Å². The van der Waals surface area contributed by atoms with E-state index in [9.17, 15) is 4.79 Å². The Balaban J connectivity index is -0.000000209. The molecule has 0 aromatic heterocycles. The van der Waals surface area contributed by atoms with Crippen LogP contribution in [0.1, 0.15) is 110 Å². The summed E-state index contributed by atoms with van der Waals surface area (Å²) in [6.07, 6.45) is 20.2. The summed E-state index contributed by atoms with van der Waals surface area (Å²) >= 11 is 0. The summed E-state index contributed by atoms with van der Waals surface area (Å²) in [6, 6.07) is -0.833. The first-order chi connectivity index (χ1) is 11.5. The standard InChI is InChI=1S/C18H36O2.CH4N2O.2O.Ti/c1-2-3-4-5-6-7-8-9-10-11-12-13-14-15-16-17-18(19)20;2-1(3)4;;;/h2-17H2,1H3,(H,19,20);(H4,2,3,4);;;/q;;2*-2;+4. The van der Waals surface area contributed by atoms with E-state index in [2.05, 4.69) is 18.4 Å². The number of aliphatic carboxylic acids is 1. The third kappa shape index (κ3) is 51.7. The molecule has 0 heterocycles. The molecule has 0 rings (SSSR count). The van der Waals surface area contributed by atoms with Gasteiger partial charge < -0.3 is 27.5 Å². The molecule has 7 nitrogen and oxygen atoms in total. The Labute approximate surface area is 180 Å². The number of urea groups is 1. The number of unbranched alkanes of at least 4 members (excludes halogenated alkanes) is 14. The minimum Gasteiger partial charge on any atom is -2.00 e. The van der Waals surface area contributed by atoms with Crippen LogP contribution in [0.2, 0.25) is 0 Å². The van der Waals surface area contributed by atoms with Crippen LogP contribution in [0.3, 0.4) is 0 Å². The fourth-order valence-corrected chi connectivity index (χ4v) is 2.65. The number of carboxylic acids is 1. The van der Waals surface area contributed by atoms with E-state index >= 15 is 0 Å². The van der Waals surface area contributed by atoms with Gasteiger partial charge in [0.15, 0.2) is 0 Å². The summed E-state index contributed by atoms with van der Waals surface area (Å²) in [5.41, 5.74) is 8.50. The molecule has 0 radical (unpaired) electrons. The maximum atomic E-state index is 10.3. The van der Waals surface area contributed by atoms with Crippen molar-refractivity contribution < 1.29 is 47.4 Å². The van der Waals surface area contributed by atoms with Gasteiger partial charge in [-0.25, -0.2) is 4.79 Å². The molecule has 5 N–H and O–H groups in total. The van der Waals surface area contributed by atoms with Gasteiger partial charge in [0, 0.05) is 6.42 Å². The van der Waals surface area contributed by atoms with Crippen molar-refractivity contribution in [2.24, 2.45) is 11.5 Å². The van der Waals surface area contributed by atoms with Crippen LogP contribution in [0.5, 0.6) is 0 Å². The van der Waals surface area contributed by atoms with Crippen LogP contribution in [-0.2, 0) is 37.5 Å². The summed E-state index contributed by atoms with van der Waals surface area (Å²) in [6.45, 7) is 2.27. The van der Waals surface area contributed by atoms with Gasteiger partial charge in [0.25, 0.3) is 0 Å². The van der Waals surface area contributed by atoms with E-state index < -0.39 is 12.0 Å². The van der Waals surface area contributed by atoms with Gasteiger partial charge in [0.1, 0.15) is 0 Å². The summed E-state index contributed by atoms with van der Waals surface area (Å²) in [5, 5.41) is 8.52. The van der Waals surface area contributed by atoms with Gasteiger partial charge in [-0.3, -0.25) is 4.79 Å². The van der Waals surface area contributed by atoms with Crippen molar-refractivity contribution in [1.29, 1.82) is 0 Å². The molecule has 0 saturated heterocycles. The van der Waals surface area contributed by atoms with Crippen LogP contribution < -0.4 is 11.5 Å². The molecule has 0 unspecified atom stereocenters. The Morgan fingerprint density at radius 1 is 0.630 bits per heavy atom. The van der Waals surface area contributed by atoms with Crippen LogP contribution in [0.4, 0.5) is 4.79 Å². The largest absolute Gasteiger partial charge is 4.00 e. The topological polar surface area (TPSA) is 163 Å². The Hall–Kier alpha value is -0.626. The number of rotatable bonds is 16. The predicted molar refractivity (Wildman–Crippen MR) is 102 cm³/mol. The number of hydrogen-bond acceptors (Lipinski definition) is 2. The molecule has 0 saturated carbocycles. The first-order valence-corrected chi connectivity index (χ1v) is 9.77. The van der Waals surface area contributed by atoms with Gasteiger partial charge in [0.2, 0.25) is 0 Å². The molecule has 0 atom stereocenters. The number of amides is 2. The van der Waals surface area contributed by atoms with E-state index in [1.54, 1.807) is 0 Å². The number of carbonyl (C=O) groups excluding carboxylic acids is 1. The minimum atomic E-state index is -0.833. The summed E-state index contributed by atoms with van der Waals surface area (Å²) in [7, 11) is 0. The normalized spacial score (nSPS) is 8.93. The quantitative estimate of drug-likeness (QED) is 0.232. The molecule has 0 aromatic carbocycles. The van der Waals surface area contributed by atoms with Crippen molar-refractivity contribution in [2.45, 2.75) is 110 Å². The fourth-order valence-electron chi connectivity index (χ4n) is 2.65. The zero-order chi connectivity index (χ0) is 18.5. The molecular weight excluding hydrogens is 384 g/mol. The van der Waals surface area contributed by atoms with E-state index in [0.717, 1.165) is 12.8 Å². The number of nitrogens with two attached hydrogens (primary N) is 2. The molecule has 0 aliphatic rings. The average Bonchev–Trinajstić information content (AvgIpc) is 2.50. The first kappa shape index (κ1) is 37.2. The molecule has 8 heteroatoms. The molecule has 0 spiro atoms. The zero-order valence-corrected chi connectivity index (χ0v) is 18.6. The van der Waals surface area contributed by atoms with E-state index in [4.69, 9.17) is 9.90 Å². The maximum absolute atomic E-state index is 10.3. The Morgan fingerprint density at radius 3 is 1.07 bits per heavy atom. The van der Waals surface area contributed by atoms with Gasteiger partial charge in [-0.15, -0.1) is 0 Å². The molecule has 2 amide bonds. The minimum absolute atomic E-state index is 0. The molecule has 0 bridgehead atoms. The third-order valence-corrected chi connectivity index (χ3v) is 3.99. The summed E-state index contributed by atoms with van der Waals surface area (Å²) < 4.78 is 0. The molecule has 0 fully saturated rings.